The molecule has 0 saturated carbocycles. The number of ketones is 1. The van der Waals surface area contributed by atoms with Gasteiger partial charge < -0.3 is 4.74 Å². The summed E-state index contributed by atoms with van der Waals surface area (Å²) in [6.07, 6.45) is 3.78. The summed E-state index contributed by atoms with van der Waals surface area (Å²) in [6.45, 7) is 0.274. The molecule has 0 spiro atoms. The number of rotatable bonds is 3. The van der Waals surface area contributed by atoms with Crippen molar-refractivity contribution >= 4 is 11.8 Å². The predicted molar refractivity (Wildman–Crippen MR) is 59.0 cm³/mol. The van der Waals surface area contributed by atoms with E-state index in [1.54, 1.807) is 36.4 Å². The summed E-state index contributed by atoms with van der Waals surface area (Å²) in [5, 5.41) is 0. The van der Waals surface area contributed by atoms with Crippen LogP contribution >= 0.6 is 0 Å². The second kappa shape index (κ2) is 4.75. The zero-order valence-electron chi connectivity index (χ0n) is 8.76. The molecule has 0 fully saturated rings. The standard InChI is InChI=1S/C13H12O3/c14-12-7-6-10(8-12)9-16-13(15)11-4-2-1-3-5-11/h1-7,10H,8-9H2. The Morgan fingerprint density at radius 2 is 2.06 bits per heavy atom. The molecule has 3 nitrogen and oxygen atoms in total. The molecule has 0 aliphatic heterocycles. The number of hydrogen-bond donors (Lipinski definition) is 0. The van der Waals surface area contributed by atoms with Crippen molar-refractivity contribution in [2.45, 2.75) is 6.42 Å². The highest BCUT2D eigenvalue weighted by Gasteiger charge is 2.17. The van der Waals surface area contributed by atoms with Gasteiger partial charge in [-0.15, -0.1) is 0 Å². The average molecular weight is 216 g/mol. The summed E-state index contributed by atoms with van der Waals surface area (Å²) in [5.41, 5.74) is 0.538. The number of carbonyl (C=O) groups excluding carboxylic acids is 2. The molecule has 1 aromatic carbocycles. The van der Waals surface area contributed by atoms with E-state index in [-0.39, 0.29) is 24.3 Å². The van der Waals surface area contributed by atoms with Crippen LogP contribution in [-0.2, 0) is 9.53 Å². The van der Waals surface area contributed by atoms with E-state index < -0.39 is 0 Å². The lowest BCUT2D eigenvalue weighted by Crippen LogP contribution is -2.12. The molecule has 2 rings (SSSR count). The molecular formula is C13H12O3. The lowest BCUT2D eigenvalue weighted by Gasteiger charge is -2.08. The molecule has 0 bridgehead atoms. The Kier molecular flexibility index (Phi) is 3.15. The third-order valence-corrected chi connectivity index (χ3v) is 2.46. The van der Waals surface area contributed by atoms with Crippen LogP contribution in [0.15, 0.2) is 42.5 Å². The predicted octanol–water partition coefficient (Wildman–Crippen LogP) is 1.99. The van der Waals surface area contributed by atoms with Gasteiger partial charge in [-0.1, -0.05) is 24.3 Å². The third kappa shape index (κ3) is 2.57. The average Bonchev–Trinajstić information content (AvgIpc) is 2.73. The largest absolute Gasteiger partial charge is 0.461 e. The maximum atomic E-state index is 11.6. The van der Waals surface area contributed by atoms with Crippen LogP contribution in [0.4, 0.5) is 0 Å². The Morgan fingerprint density at radius 1 is 1.31 bits per heavy atom. The molecule has 0 radical (unpaired) electrons. The van der Waals surface area contributed by atoms with Crippen molar-refractivity contribution < 1.29 is 14.3 Å². The van der Waals surface area contributed by atoms with Crippen molar-refractivity contribution in [1.29, 1.82) is 0 Å². The molecule has 1 aliphatic carbocycles. The molecule has 82 valence electrons. The second-order valence-corrected chi connectivity index (χ2v) is 3.75. The second-order valence-electron chi connectivity index (χ2n) is 3.75. The maximum absolute atomic E-state index is 11.6. The molecule has 3 heteroatoms. The Bertz CT molecular complexity index is 420. The fraction of sp³-hybridized carbons (Fsp3) is 0.231. The quantitative estimate of drug-likeness (QED) is 0.726. The van der Waals surface area contributed by atoms with Crippen molar-refractivity contribution in [3.05, 3.63) is 48.0 Å². The van der Waals surface area contributed by atoms with E-state index in [1.165, 1.54) is 0 Å². The van der Waals surface area contributed by atoms with Gasteiger partial charge >= 0.3 is 5.97 Å². The van der Waals surface area contributed by atoms with Crippen molar-refractivity contribution in [1.82, 2.24) is 0 Å². The van der Waals surface area contributed by atoms with Crippen molar-refractivity contribution in [2.24, 2.45) is 5.92 Å². The number of carbonyl (C=O) groups is 2. The molecule has 0 amide bonds. The highest BCUT2D eigenvalue weighted by Crippen LogP contribution is 2.15. The van der Waals surface area contributed by atoms with Crippen molar-refractivity contribution in [3.8, 4) is 0 Å². The summed E-state index contributed by atoms with van der Waals surface area (Å²) < 4.78 is 5.12. The molecule has 0 N–H and O–H groups in total. The Hall–Kier alpha value is -1.90. The van der Waals surface area contributed by atoms with Crippen molar-refractivity contribution in [3.63, 3.8) is 0 Å². The number of hydrogen-bond acceptors (Lipinski definition) is 3. The molecule has 1 aliphatic rings. The molecule has 0 aromatic heterocycles. The lowest BCUT2D eigenvalue weighted by molar-refractivity contribution is -0.114. The zero-order chi connectivity index (χ0) is 11.4. The van der Waals surface area contributed by atoms with Crippen LogP contribution in [0.3, 0.4) is 0 Å². The van der Waals surface area contributed by atoms with Gasteiger partial charge in [0, 0.05) is 12.3 Å². The van der Waals surface area contributed by atoms with Gasteiger partial charge in [-0.2, -0.15) is 0 Å². The minimum Gasteiger partial charge on any atom is -0.461 e. The van der Waals surface area contributed by atoms with Crippen LogP contribution in [0.5, 0.6) is 0 Å². The highest BCUT2D eigenvalue weighted by atomic mass is 16.5. The van der Waals surface area contributed by atoms with Crippen LogP contribution in [0.2, 0.25) is 0 Å². The zero-order valence-corrected chi connectivity index (χ0v) is 8.76. The van der Waals surface area contributed by atoms with Gasteiger partial charge in [0.2, 0.25) is 0 Å². The van der Waals surface area contributed by atoms with Gasteiger partial charge in [-0.3, -0.25) is 4.79 Å². The molecular weight excluding hydrogens is 204 g/mol. The number of allylic oxidation sites excluding steroid dienone is 1. The highest BCUT2D eigenvalue weighted by molar-refractivity contribution is 5.92. The van der Waals surface area contributed by atoms with Crippen LogP contribution < -0.4 is 0 Å². The van der Waals surface area contributed by atoms with Gasteiger partial charge in [0.05, 0.1) is 12.2 Å². The SMILES string of the molecule is O=C1C=CC(COC(=O)c2ccccc2)C1. The number of ether oxygens (including phenoxy) is 1. The van der Waals surface area contributed by atoms with E-state index in [1.807, 2.05) is 6.07 Å². The van der Waals surface area contributed by atoms with Gasteiger partial charge in [0.1, 0.15) is 0 Å². The summed E-state index contributed by atoms with van der Waals surface area (Å²) >= 11 is 0. The first-order valence-electron chi connectivity index (χ1n) is 5.19. The van der Waals surface area contributed by atoms with Crippen LogP contribution in [0, 0.1) is 5.92 Å². The van der Waals surface area contributed by atoms with E-state index in [9.17, 15) is 9.59 Å². The van der Waals surface area contributed by atoms with E-state index in [4.69, 9.17) is 4.74 Å². The fourth-order valence-corrected chi connectivity index (χ4v) is 1.59. The summed E-state index contributed by atoms with van der Waals surface area (Å²) in [4.78, 5) is 22.5. The molecule has 0 saturated heterocycles. The first kappa shape index (κ1) is 10.6. The molecule has 1 unspecified atom stereocenters. The summed E-state index contributed by atoms with van der Waals surface area (Å²) in [6, 6.07) is 8.83. The van der Waals surface area contributed by atoms with E-state index in [2.05, 4.69) is 0 Å². The maximum Gasteiger partial charge on any atom is 0.338 e. The van der Waals surface area contributed by atoms with Gasteiger partial charge in [0.15, 0.2) is 5.78 Å². The minimum absolute atomic E-state index is 0.0418. The molecule has 1 atom stereocenters. The van der Waals surface area contributed by atoms with E-state index in [0.29, 0.717) is 12.0 Å². The lowest BCUT2D eigenvalue weighted by atomic mass is 10.1. The van der Waals surface area contributed by atoms with E-state index in [0.717, 1.165) is 0 Å². The Morgan fingerprint density at radius 3 is 2.69 bits per heavy atom. The fourth-order valence-electron chi connectivity index (χ4n) is 1.59. The minimum atomic E-state index is -0.339. The summed E-state index contributed by atoms with van der Waals surface area (Å²) in [5.74, 6) is -0.200. The molecule has 0 heterocycles. The van der Waals surface area contributed by atoms with Crippen LogP contribution in [-0.4, -0.2) is 18.4 Å². The normalized spacial score (nSPS) is 18.8. The summed E-state index contributed by atoms with van der Waals surface area (Å²) in [7, 11) is 0. The number of benzene rings is 1. The first-order chi connectivity index (χ1) is 7.75. The van der Waals surface area contributed by atoms with Crippen LogP contribution in [0.1, 0.15) is 16.8 Å². The number of esters is 1. The van der Waals surface area contributed by atoms with Crippen molar-refractivity contribution in [2.75, 3.05) is 6.61 Å². The molecule has 1 aromatic rings. The van der Waals surface area contributed by atoms with Gasteiger partial charge in [-0.05, 0) is 18.2 Å². The Labute approximate surface area is 93.7 Å². The topological polar surface area (TPSA) is 43.4 Å². The van der Waals surface area contributed by atoms with E-state index >= 15 is 0 Å². The third-order valence-electron chi connectivity index (χ3n) is 2.46. The van der Waals surface area contributed by atoms with Gasteiger partial charge in [-0.25, -0.2) is 4.79 Å². The first-order valence-corrected chi connectivity index (χ1v) is 5.19. The Balaban J connectivity index is 1.85. The van der Waals surface area contributed by atoms with Crippen LogP contribution in [0.25, 0.3) is 0 Å². The van der Waals surface area contributed by atoms with Gasteiger partial charge in [0.25, 0.3) is 0 Å². The monoisotopic (exact) mass is 216 g/mol. The molecule has 16 heavy (non-hydrogen) atoms. The smallest absolute Gasteiger partial charge is 0.338 e.